The van der Waals surface area contributed by atoms with E-state index < -0.39 is 10.2 Å². The summed E-state index contributed by atoms with van der Waals surface area (Å²) in [6.07, 6.45) is 0.688. The van der Waals surface area contributed by atoms with E-state index in [9.17, 15) is 8.42 Å². The van der Waals surface area contributed by atoms with Gasteiger partial charge in [-0.3, -0.25) is 0 Å². The van der Waals surface area contributed by atoms with Gasteiger partial charge >= 0.3 is 0 Å². The van der Waals surface area contributed by atoms with Crippen molar-refractivity contribution in [1.29, 1.82) is 0 Å². The average Bonchev–Trinajstić information content (AvgIpc) is 2.17. The maximum absolute atomic E-state index is 11.5. The second-order valence-corrected chi connectivity index (χ2v) is 5.91. The lowest BCUT2D eigenvalue weighted by Gasteiger charge is -2.17. The number of rotatable bonds is 5. The Labute approximate surface area is 97.5 Å². The second kappa shape index (κ2) is 5.43. The molecule has 0 spiro atoms. The number of nitrogens with zero attached hydrogens (tertiary/aromatic N) is 1. The first-order valence-corrected chi connectivity index (χ1v) is 6.59. The van der Waals surface area contributed by atoms with Crippen LogP contribution in [-0.4, -0.2) is 32.9 Å². The molecule has 16 heavy (non-hydrogen) atoms. The average molecular weight is 242 g/mol. The molecule has 0 amide bonds. The van der Waals surface area contributed by atoms with Gasteiger partial charge in [0.25, 0.3) is 10.2 Å². The molecule has 0 fully saturated rings. The van der Waals surface area contributed by atoms with Crippen LogP contribution in [0.25, 0.3) is 0 Å². The molecule has 0 aliphatic carbocycles. The Balaban J connectivity index is 2.58. The Morgan fingerprint density at radius 2 is 1.81 bits per heavy atom. The fourth-order valence-corrected chi connectivity index (χ4v) is 2.17. The molecule has 5 heteroatoms. The van der Waals surface area contributed by atoms with E-state index in [1.165, 1.54) is 18.4 Å². The monoisotopic (exact) mass is 242 g/mol. The lowest BCUT2D eigenvalue weighted by Crippen LogP contribution is -2.41. The van der Waals surface area contributed by atoms with Crippen molar-refractivity contribution in [2.45, 2.75) is 19.4 Å². The van der Waals surface area contributed by atoms with Gasteiger partial charge < -0.3 is 0 Å². The molecule has 0 bridgehead atoms. The lowest BCUT2D eigenvalue weighted by atomic mass is 10.1. The predicted molar refractivity (Wildman–Crippen MR) is 65.4 cm³/mol. The fraction of sp³-hybridized carbons (Fsp3) is 0.455. The predicted octanol–water partition coefficient (Wildman–Crippen LogP) is 1.01. The van der Waals surface area contributed by atoms with Crippen LogP contribution >= 0.6 is 0 Å². The lowest BCUT2D eigenvalue weighted by molar-refractivity contribution is 0.491. The van der Waals surface area contributed by atoms with Crippen molar-refractivity contribution in [2.75, 3.05) is 14.1 Å². The third-order valence-electron chi connectivity index (χ3n) is 2.22. The molecule has 0 aliphatic rings. The van der Waals surface area contributed by atoms with Crippen LogP contribution in [-0.2, 0) is 16.6 Å². The van der Waals surface area contributed by atoms with E-state index in [2.05, 4.69) is 4.72 Å². The van der Waals surface area contributed by atoms with Crippen molar-refractivity contribution >= 4 is 10.2 Å². The summed E-state index contributed by atoms with van der Waals surface area (Å²) in [5.74, 6) is 0. The van der Waals surface area contributed by atoms with Crippen LogP contribution in [0, 0.1) is 0 Å². The summed E-state index contributed by atoms with van der Waals surface area (Å²) in [7, 11) is -0.311. The number of hydrogen-bond donors (Lipinski definition) is 1. The number of hydrogen-bond acceptors (Lipinski definition) is 2. The van der Waals surface area contributed by atoms with Gasteiger partial charge in [0, 0.05) is 20.1 Å². The van der Waals surface area contributed by atoms with Crippen LogP contribution in [0.4, 0.5) is 0 Å². The summed E-state index contributed by atoms with van der Waals surface area (Å²) in [6, 6.07) is 9.69. The Morgan fingerprint density at radius 1 is 1.25 bits per heavy atom. The summed E-state index contributed by atoms with van der Waals surface area (Å²) < 4.78 is 26.9. The minimum absolute atomic E-state index is 0.116. The molecular formula is C11H18N2O2S. The molecule has 0 saturated carbocycles. The van der Waals surface area contributed by atoms with Crippen molar-refractivity contribution in [1.82, 2.24) is 9.03 Å². The molecule has 1 aromatic rings. The smallest absolute Gasteiger partial charge is 0.199 e. The van der Waals surface area contributed by atoms with Gasteiger partial charge in [0.2, 0.25) is 0 Å². The van der Waals surface area contributed by atoms with E-state index in [0.717, 1.165) is 5.56 Å². The first-order valence-electron chi connectivity index (χ1n) is 5.15. The Kier molecular flexibility index (Phi) is 4.46. The van der Waals surface area contributed by atoms with Gasteiger partial charge in [-0.2, -0.15) is 17.4 Å². The van der Waals surface area contributed by atoms with Crippen LogP contribution in [0.15, 0.2) is 30.3 Å². The highest BCUT2D eigenvalue weighted by Crippen LogP contribution is 2.04. The molecule has 4 nitrogen and oxygen atoms in total. The summed E-state index contributed by atoms with van der Waals surface area (Å²) in [5, 5.41) is 0. The maximum Gasteiger partial charge on any atom is 0.279 e. The molecule has 0 radical (unpaired) electrons. The van der Waals surface area contributed by atoms with Gasteiger partial charge in [-0.25, -0.2) is 0 Å². The summed E-state index contributed by atoms with van der Waals surface area (Å²) in [5.41, 5.74) is 1.12. The van der Waals surface area contributed by atoms with Crippen LogP contribution < -0.4 is 4.72 Å². The molecule has 1 atom stereocenters. The molecule has 0 saturated heterocycles. The summed E-state index contributed by atoms with van der Waals surface area (Å²) in [4.78, 5) is 0. The molecule has 0 aromatic heterocycles. The Morgan fingerprint density at radius 3 is 2.31 bits per heavy atom. The number of benzene rings is 1. The van der Waals surface area contributed by atoms with Gasteiger partial charge in [-0.05, 0) is 18.9 Å². The van der Waals surface area contributed by atoms with Crippen LogP contribution in [0.3, 0.4) is 0 Å². The zero-order chi connectivity index (χ0) is 12.2. The first-order chi connectivity index (χ1) is 7.42. The first kappa shape index (κ1) is 13.2. The molecule has 0 heterocycles. The Hall–Kier alpha value is -0.910. The van der Waals surface area contributed by atoms with E-state index in [1.54, 1.807) is 0 Å². The van der Waals surface area contributed by atoms with Crippen molar-refractivity contribution in [2.24, 2.45) is 0 Å². The normalized spacial score (nSPS) is 14.0. The maximum atomic E-state index is 11.5. The minimum atomic E-state index is -3.33. The highest BCUT2D eigenvalue weighted by molar-refractivity contribution is 7.87. The zero-order valence-corrected chi connectivity index (χ0v) is 10.7. The summed E-state index contributed by atoms with van der Waals surface area (Å²) in [6.45, 7) is 1.86. The van der Waals surface area contributed by atoms with Gasteiger partial charge in [-0.15, -0.1) is 0 Å². The van der Waals surface area contributed by atoms with Crippen molar-refractivity contribution in [3.8, 4) is 0 Å². The van der Waals surface area contributed by atoms with E-state index in [4.69, 9.17) is 0 Å². The molecule has 1 N–H and O–H groups in total. The standard InChI is InChI=1S/C11H18N2O2S/c1-10(12-16(14,15)13(2)3)9-11-7-5-4-6-8-11/h4-8,10,12H,9H2,1-3H3. The zero-order valence-electron chi connectivity index (χ0n) is 9.84. The van der Waals surface area contributed by atoms with E-state index >= 15 is 0 Å². The highest BCUT2D eigenvalue weighted by atomic mass is 32.2. The molecule has 1 unspecified atom stereocenters. The highest BCUT2D eigenvalue weighted by Gasteiger charge is 2.16. The number of nitrogens with one attached hydrogen (secondary N) is 1. The van der Waals surface area contributed by atoms with Crippen molar-refractivity contribution < 1.29 is 8.42 Å². The molecule has 0 aliphatic heterocycles. The van der Waals surface area contributed by atoms with E-state index in [0.29, 0.717) is 6.42 Å². The molecule has 1 aromatic carbocycles. The second-order valence-electron chi connectivity index (χ2n) is 4.00. The third kappa shape index (κ3) is 3.92. The van der Waals surface area contributed by atoms with Crippen molar-refractivity contribution in [3.63, 3.8) is 0 Å². The van der Waals surface area contributed by atoms with E-state index in [-0.39, 0.29) is 6.04 Å². The van der Waals surface area contributed by atoms with Crippen LogP contribution in [0.2, 0.25) is 0 Å². The van der Waals surface area contributed by atoms with Gasteiger partial charge in [0.1, 0.15) is 0 Å². The van der Waals surface area contributed by atoms with Crippen LogP contribution in [0.1, 0.15) is 12.5 Å². The largest absolute Gasteiger partial charge is 0.279 e. The topological polar surface area (TPSA) is 49.4 Å². The third-order valence-corrected chi connectivity index (χ3v) is 3.88. The summed E-state index contributed by atoms with van der Waals surface area (Å²) >= 11 is 0. The van der Waals surface area contributed by atoms with E-state index in [1.807, 2.05) is 37.3 Å². The SMILES string of the molecule is CC(Cc1ccccc1)NS(=O)(=O)N(C)C. The molecule has 90 valence electrons. The van der Waals surface area contributed by atoms with Gasteiger partial charge in [0.05, 0.1) is 0 Å². The van der Waals surface area contributed by atoms with Crippen LogP contribution in [0.5, 0.6) is 0 Å². The fourth-order valence-electron chi connectivity index (χ4n) is 1.37. The molecular weight excluding hydrogens is 224 g/mol. The minimum Gasteiger partial charge on any atom is -0.199 e. The molecule has 1 rings (SSSR count). The van der Waals surface area contributed by atoms with Gasteiger partial charge in [0.15, 0.2) is 0 Å². The quantitative estimate of drug-likeness (QED) is 0.838. The Bertz CT molecular complexity index is 415. The van der Waals surface area contributed by atoms with Gasteiger partial charge in [-0.1, -0.05) is 30.3 Å². The van der Waals surface area contributed by atoms with Crippen molar-refractivity contribution in [3.05, 3.63) is 35.9 Å².